The predicted molar refractivity (Wildman–Crippen MR) is 545 cm³/mol. The van der Waals surface area contributed by atoms with E-state index in [2.05, 4.69) is 96.4 Å². The van der Waals surface area contributed by atoms with Crippen molar-refractivity contribution in [3.8, 4) is 23.0 Å². The smallest absolute Gasteiger partial charge is 0.270 e. The molecule has 4 saturated carbocycles. The summed E-state index contributed by atoms with van der Waals surface area (Å²) >= 11 is 5.85. The van der Waals surface area contributed by atoms with E-state index in [4.69, 9.17) is 72.4 Å². The zero-order valence-electron chi connectivity index (χ0n) is 82.0. The molecule has 4 aliphatic carbocycles. The Kier molecular flexibility index (Phi) is 45.4. The summed E-state index contributed by atoms with van der Waals surface area (Å²) in [5.41, 5.74) is 34.2. The molecule has 0 bridgehead atoms. The monoisotopic (exact) mass is 1940 g/mol. The Morgan fingerprint density at radius 3 is 0.986 bits per heavy atom. The Morgan fingerprint density at radius 2 is 0.686 bits per heavy atom. The number of benzene rings is 4. The minimum Gasteiger partial charge on any atom is -0.488 e. The molecule has 37 nitrogen and oxygen atoms in total. The zero-order valence-corrected chi connectivity index (χ0v) is 82.7. The van der Waals surface area contributed by atoms with Gasteiger partial charge in [-0.1, -0.05) is 23.7 Å². The van der Waals surface area contributed by atoms with E-state index in [1.807, 2.05) is 86.3 Å². The number of nitrogens with zero attached hydrogens (tertiary/aromatic N) is 15. The lowest BCUT2D eigenvalue weighted by atomic mass is 9.92. The summed E-state index contributed by atoms with van der Waals surface area (Å²) in [4.78, 5) is 111. The van der Waals surface area contributed by atoms with Crippen LogP contribution >= 0.6 is 11.6 Å². The van der Waals surface area contributed by atoms with Gasteiger partial charge in [0.15, 0.2) is 0 Å². The zero-order chi connectivity index (χ0) is 99.9. The molecule has 0 unspecified atom stereocenters. The third kappa shape index (κ3) is 35.5. The first-order valence-corrected chi connectivity index (χ1v) is 48.9. The van der Waals surface area contributed by atoms with Gasteiger partial charge in [-0.25, -0.2) is 49.8 Å². The molecular formula is C102H137ClN24O13. The number of nitrogens with two attached hydrogens (primary N) is 4. The number of aromatic nitrogens is 14. The van der Waals surface area contributed by atoms with Crippen LogP contribution < -0.4 is 68.5 Å². The minimum atomic E-state index is -0.221. The number of aliphatic hydroxyl groups excluding tert-OH is 1. The Bertz CT molecular complexity index is 5740. The lowest BCUT2D eigenvalue weighted by Gasteiger charge is -2.29. The third-order valence-corrected chi connectivity index (χ3v) is 23.1. The highest BCUT2D eigenvalue weighted by atomic mass is 35.5. The summed E-state index contributed by atoms with van der Waals surface area (Å²) < 4.78 is 44.2. The molecule has 0 atom stereocenters. The SMILES string of the molecule is CC(C)NC(=O)c1cnc(NC2CCC(Oc3cc(N)cc4nccnc34)CC2)nc1.CCOCC.CCOCC.CCOCC.CCOCC.Nc1cc(OC2CCC(NC(=O)c3cccc(CO)n3)CC2)c2nccnc2c1.Nc1cc(OC2CCC(NC(=O)c3cccc(Cl)n3)CC2)c2nccnc2c1.Nc1cc(OC2CCC(Nc3ncc(C(=O)N4CCCC4)cn3)CC2)c2nccnc2c1. The number of carbonyl (C=O) groups is 4. The van der Waals surface area contributed by atoms with Gasteiger partial charge in [0.1, 0.15) is 61.6 Å². The molecule has 0 radical (unpaired) electrons. The van der Waals surface area contributed by atoms with Crippen molar-refractivity contribution in [2.24, 2.45) is 0 Å². The largest absolute Gasteiger partial charge is 0.488 e. The fraction of sp³-hybridized carbons (Fsp3) is 0.471. The van der Waals surface area contributed by atoms with Crippen LogP contribution in [0.5, 0.6) is 23.0 Å². The molecule has 140 heavy (non-hydrogen) atoms. The highest BCUT2D eigenvalue weighted by molar-refractivity contribution is 6.29. The second-order valence-corrected chi connectivity index (χ2v) is 34.1. The molecule has 14 N–H and O–H groups in total. The quantitative estimate of drug-likeness (QED) is 0.0161. The van der Waals surface area contributed by atoms with E-state index in [-0.39, 0.29) is 84.9 Å². The first kappa shape index (κ1) is 109. The summed E-state index contributed by atoms with van der Waals surface area (Å²) in [6, 6.07) is 25.2. The number of hydrogen-bond acceptors (Lipinski definition) is 33. The van der Waals surface area contributed by atoms with E-state index in [0.29, 0.717) is 113 Å². The number of carbonyl (C=O) groups excluding carboxylic acids is 4. The molecule has 9 heterocycles. The van der Waals surface area contributed by atoms with Gasteiger partial charge < -0.3 is 97.4 Å². The third-order valence-electron chi connectivity index (χ3n) is 22.9. The van der Waals surface area contributed by atoms with Crippen molar-refractivity contribution in [1.29, 1.82) is 0 Å². The molecule has 5 aliphatic rings. The summed E-state index contributed by atoms with van der Waals surface area (Å²) in [6.45, 7) is 27.9. The summed E-state index contributed by atoms with van der Waals surface area (Å²) in [7, 11) is 0. The van der Waals surface area contributed by atoms with E-state index in [9.17, 15) is 24.3 Å². The van der Waals surface area contributed by atoms with Gasteiger partial charge in [0, 0.05) is 218 Å². The molecule has 17 rings (SSSR count). The van der Waals surface area contributed by atoms with E-state index in [0.717, 1.165) is 204 Å². The number of nitrogen functional groups attached to an aromatic ring is 4. The normalized spacial score (nSPS) is 17.9. The van der Waals surface area contributed by atoms with Crippen molar-refractivity contribution >= 4 is 114 Å². The molecule has 1 saturated heterocycles. The van der Waals surface area contributed by atoms with Crippen molar-refractivity contribution in [1.82, 2.24) is 90.6 Å². The Labute approximate surface area is 823 Å². The number of amides is 4. The Hall–Kier alpha value is -13.3. The molecular weight excluding hydrogens is 1800 g/mol. The maximum atomic E-state index is 12.4. The molecule has 38 heteroatoms. The topological polar surface area (TPSA) is 510 Å². The molecule has 4 aromatic carbocycles. The van der Waals surface area contributed by atoms with Crippen LogP contribution in [0.3, 0.4) is 0 Å². The second-order valence-electron chi connectivity index (χ2n) is 33.7. The lowest BCUT2D eigenvalue weighted by Crippen LogP contribution is -2.40. The summed E-state index contributed by atoms with van der Waals surface area (Å²) in [6.07, 6.45) is 35.8. The number of nitrogens with one attached hydrogen (secondary N) is 5. The minimum absolute atomic E-state index is 0.0190. The molecule has 12 aromatic rings. The van der Waals surface area contributed by atoms with E-state index in [1.165, 1.54) is 0 Å². The number of ether oxygens (including phenoxy) is 8. The number of likely N-dealkylation sites (tertiary alicyclic amines) is 1. The van der Waals surface area contributed by atoms with Crippen LogP contribution in [-0.4, -0.2) is 224 Å². The van der Waals surface area contributed by atoms with Crippen LogP contribution in [0.1, 0.15) is 232 Å². The number of pyridine rings is 2. The van der Waals surface area contributed by atoms with E-state index < -0.39 is 0 Å². The van der Waals surface area contributed by atoms with Crippen molar-refractivity contribution in [2.45, 2.75) is 246 Å². The van der Waals surface area contributed by atoms with Crippen LogP contribution in [-0.2, 0) is 25.6 Å². The first-order valence-electron chi connectivity index (χ1n) is 48.6. The predicted octanol–water partition coefficient (Wildman–Crippen LogP) is 15.8. The van der Waals surface area contributed by atoms with Gasteiger partial charge >= 0.3 is 0 Å². The van der Waals surface area contributed by atoms with Crippen LogP contribution in [0.4, 0.5) is 34.6 Å². The summed E-state index contributed by atoms with van der Waals surface area (Å²) in [5.74, 6) is 3.18. The lowest BCUT2D eigenvalue weighted by molar-refractivity contribution is 0.0790. The van der Waals surface area contributed by atoms with Crippen molar-refractivity contribution in [2.75, 3.05) is 99.5 Å². The molecule has 750 valence electrons. The highest BCUT2D eigenvalue weighted by Gasteiger charge is 2.31. The number of anilines is 6. The van der Waals surface area contributed by atoms with Crippen molar-refractivity contribution in [3.63, 3.8) is 0 Å². The van der Waals surface area contributed by atoms with Gasteiger partial charge in [-0.3, -0.25) is 39.1 Å². The van der Waals surface area contributed by atoms with Crippen LogP contribution in [0.25, 0.3) is 44.1 Å². The van der Waals surface area contributed by atoms with E-state index in [1.54, 1.807) is 147 Å². The summed E-state index contributed by atoms with van der Waals surface area (Å²) in [5, 5.41) is 25.1. The van der Waals surface area contributed by atoms with Gasteiger partial charge in [-0.05, 0) is 233 Å². The van der Waals surface area contributed by atoms with Gasteiger partial charge in [0.05, 0.1) is 69.9 Å². The number of halogens is 1. The highest BCUT2D eigenvalue weighted by Crippen LogP contribution is 2.36. The molecule has 1 aliphatic heterocycles. The van der Waals surface area contributed by atoms with Crippen molar-refractivity contribution in [3.05, 3.63) is 193 Å². The Morgan fingerprint density at radius 1 is 0.386 bits per heavy atom. The number of hydrogen-bond donors (Lipinski definition) is 10. The maximum Gasteiger partial charge on any atom is 0.270 e. The maximum absolute atomic E-state index is 12.4. The molecule has 0 spiro atoms. The van der Waals surface area contributed by atoms with Crippen molar-refractivity contribution < 1.29 is 62.2 Å². The average molecular weight is 1940 g/mol. The van der Waals surface area contributed by atoms with Crippen LogP contribution in [0, 0.1) is 0 Å². The fourth-order valence-electron chi connectivity index (χ4n) is 16.0. The van der Waals surface area contributed by atoms with Gasteiger partial charge in [0.2, 0.25) is 11.9 Å². The average Bonchev–Trinajstić information content (AvgIpc) is 1.35. The molecule has 4 amide bonds. The van der Waals surface area contributed by atoms with E-state index >= 15 is 0 Å². The second kappa shape index (κ2) is 58.5. The first-order chi connectivity index (χ1) is 68.0. The number of aliphatic hydroxyl groups is 1. The van der Waals surface area contributed by atoms with Gasteiger partial charge in [-0.15, -0.1) is 0 Å². The standard InChI is InChI=1S/C23H27N7O2.C22H27N7O2.C21H23N5O3.C20H20ClN5O2.4C4H10O/c24-16-11-19-21(26-8-7-25-19)20(12-16)32-18-5-3-17(4-6-18)29-23-27-13-15(14-28-23)22(31)30-9-1-2-10-30;1-13(2)28-21(30)14-11-26-22(27-12-14)29-16-3-5-17(6-4-16)31-19-10-15(23)9-18-20(19)25-8-7-24-18;22-13-10-18-20(24-9-8-23-18)19(11-13)29-16-6-4-14(5-7-16)26-21(28)17-3-1-2-15(12-27)25-17;21-18-3-1-2-15(26-18)20(27)25-13-4-6-14(7-5-13)28-17-11-12(22)10-16-19(17)24-9-8-23-16;4*1-3-5-4-2/h7-8,11-14,17-18H,1-6,9-10,24H2,(H,27,28,29);7-13,16-17H,3-6,23H2,1-2H3,(H,28,30)(H,26,27,29);1-3,8-11,14,16,27H,4-7,12,22H2,(H,26,28);1-3,8-11,13-14H,4-7,22H2,(H,25,27);4*3-4H2,1-2H3. The van der Waals surface area contributed by atoms with Crippen LogP contribution in [0.15, 0.2) is 159 Å². The fourth-order valence-corrected chi connectivity index (χ4v) is 16.2. The molecule has 5 fully saturated rings. The number of rotatable bonds is 28. The van der Waals surface area contributed by atoms with Crippen LogP contribution in [0.2, 0.25) is 5.15 Å². The van der Waals surface area contributed by atoms with Gasteiger partial charge in [-0.2, -0.15) is 0 Å². The molecule has 8 aromatic heterocycles. The Balaban J connectivity index is 0.000000180. The number of fused-ring (bicyclic) bond motifs is 4. The van der Waals surface area contributed by atoms with Gasteiger partial charge in [0.25, 0.3) is 23.6 Å².